The fraction of sp³-hybridized carbons (Fsp3) is 0.176. The van der Waals surface area contributed by atoms with Crippen molar-refractivity contribution >= 4 is 29.7 Å². The summed E-state index contributed by atoms with van der Waals surface area (Å²) in [5, 5.41) is 9.78. The third-order valence-corrected chi connectivity index (χ3v) is 3.57. The van der Waals surface area contributed by atoms with E-state index in [0.717, 1.165) is 11.1 Å². The number of carbonyl (C=O) groups is 1. The molecule has 5 heteroatoms. The Morgan fingerprint density at radius 2 is 1.86 bits per heavy atom. The van der Waals surface area contributed by atoms with E-state index >= 15 is 0 Å². The fourth-order valence-electron chi connectivity index (χ4n) is 2.12. The molecule has 1 atom stereocenters. The largest absolute Gasteiger partial charge is 0.480 e. The maximum atomic E-state index is 12.0. The van der Waals surface area contributed by atoms with Gasteiger partial charge in [0, 0.05) is 17.3 Å². The highest BCUT2D eigenvalue weighted by molar-refractivity contribution is 6.30. The van der Waals surface area contributed by atoms with Gasteiger partial charge >= 0.3 is 5.97 Å². The molecule has 1 heterocycles. The molecular formula is C17H16ClNO3. The van der Waals surface area contributed by atoms with E-state index in [0.29, 0.717) is 11.4 Å². The molecule has 0 aliphatic rings. The Bertz CT molecular complexity index is 747. The average Bonchev–Trinajstić information content (AvgIpc) is 2.49. The van der Waals surface area contributed by atoms with E-state index in [4.69, 9.17) is 16.7 Å². The summed E-state index contributed by atoms with van der Waals surface area (Å²) in [4.78, 5) is 23.2. The maximum Gasteiger partial charge on any atom is 0.326 e. The van der Waals surface area contributed by atoms with Crippen molar-refractivity contribution in [2.24, 2.45) is 0 Å². The van der Waals surface area contributed by atoms with Crippen LogP contribution >= 0.6 is 11.6 Å². The molecule has 22 heavy (non-hydrogen) atoms. The van der Waals surface area contributed by atoms with Gasteiger partial charge in [0.25, 0.3) is 5.56 Å². The summed E-state index contributed by atoms with van der Waals surface area (Å²) in [6.45, 7) is 1.74. The first-order valence-corrected chi connectivity index (χ1v) is 7.27. The Morgan fingerprint density at radius 3 is 2.41 bits per heavy atom. The molecule has 2 rings (SSSR count). The number of rotatable bonds is 5. The summed E-state index contributed by atoms with van der Waals surface area (Å²) in [7, 11) is 0. The van der Waals surface area contributed by atoms with Crippen molar-refractivity contribution in [3.63, 3.8) is 0 Å². The second kappa shape index (κ2) is 7.09. The number of benzene rings is 1. The van der Waals surface area contributed by atoms with E-state index in [-0.39, 0.29) is 5.56 Å². The first kappa shape index (κ1) is 16.0. The number of hydrogen-bond acceptors (Lipinski definition) is 2. The molecule has 0 aliphatic carbocycles. The van der Waals surface area contributed by atoms with Crippen LogP contribution in [-0.2, 0) is 4.79 Å². The van der Waals surface area contributed by atoms with Gasteiger partial charge in [-0.15, -0.1) is 0 Å². The molecule has 1 N–H and O–H groups in total. The van der Waals surface area contributed by atoms with E-state index in [9.17, 15) is 9.59 Å². The van der Waals surface area contributed by atoms with Crippen LogP contribution in [0.25, 0.3) is 12.2 Å². The number of hydrogen-bond donors (Lipinski definition) is 1. The van der Waals surface area contributed by atoms with Crippen molar-refractivity contribution in [1.29, 1.82) is 0 Å². The molecule has 0 aliphatic heterocycles. The van der Waals surface area contributed by atoms with Gasteiger partial charge in [-0.25, -0.2) is 4.79 Å². The van der Waals surface area contributed by atoms with Crippen LogP contribution in [0.5, 0.6) is 0 Å². The van der Waals surface area contributed by atoms with Crippen LogP contribution in [0.4, 0.5) is 0 Å². The Labute approximate surface area is 133 Å². The average molecular weight is 318 g/mol. The third kappa shape index (κ3) is 3.86. The lowest BCUT2D eigenvalue weighted by atomic mass is 10.1. The van der Waals surface area contributed by atoms with Crippen LogP contribution in [-0.4, -0.2) is 15.6 Å². The molecule has 0 fully saturated rings. The zero-order chi connectivity index (χ0) is 16.1. The van der Waals surface area contributed by atoms with Crippen LogP contribution in [0, 0.1) is 0 Å². The predicted molar refractivity (Wildman–Crippen MR) is 88.0 cm³/mol. The second-order valence-electron chi connectivity index (χ2n) is 4.85. The van der Waals surface area contributed by atoms with Gasteiger partial charge in [0.05, 0.1) is 0 Å². The number of aromatic nitrogens is 1. The quantitative estimate of drug-likeness (QED) is 0.914. The maximum absolute atomic E-state index is 12.0. The number of pyridine rings is 1. The van der Waals surface area contributed by atoms with Gasteiger partial charge in [0.2, 0.25) is 0 Å². The van der Waals surface area contributed by atoms with E-state index < -0.39 is 12.0 Å². The zero-order valence-electron chi connectivity index (χ0n) is 12.1. The molecule has 1 aromatic heterocycles. The lowest BCUT2D eigenvalue weighted by Crippen LogP contribution is -2.28. The fourth-order valence-corrected chi connectivity index (χ4v) is 2.25. The third-order valence-electron chi connectivity index (χ3n) is 3.32. The van der Waals surface area contributed by atoms with Gasteiger partial charge in [-0.3, -0.25) is 4.79 Å². The molecule has 1 unspecified atom stereocenters. The highest BCUT2D eigenvalue weighted by Gasteiger charge is 2.17. The monoisotopic (exact) mass is 317 g/mol. The number of nitrogens with zero attached hydrogens (tertiary/aromatic N) is 1. The van der Waals surface area contributed by atoms with Crippen molar-refractivity contribution in [2.45, 2.75) is 19.4 Å². The van der Waals surface area contributed by atoms with Gasteiger partial charge in [0.1, 0.15) is 6.04 Å². The topological polar surface area (TPSA) is 59.3 Å². The molecule has 1 aromatic carbocycles. The Balaban J connectivity index is 2.24. The van der Waals surface area contributed by atoms with Crippen LogP contribution in [0.3, 0.4) is 0 Å². The summed E-state index contributed by atoms with van der Waals surface area (Å²) in [5.41, 5.74) is 1.36. The first-order valence-electron chi connectivity index (χ1n) is 6.90. The summed E-state index contributed by atoms with van der Waals surface area (Å²) in [5.74, 6) is -1.01. The molecule has 2 aromatic rings. The highest BCUT2D eigenvalue weighted by atomic mass is 35.5. The normalized spacial score (nSPS) is 12.5. The standard InChI is InChI=1S/C17H16ClNO3/c1-2-15(17(21)22)19-10-9-13(11-16(19)20)4-3-12-5-7-14(18)8-6-12/h3-11,15H,2H2,1H3,(H,21,22)/b4-3+. The molecule has 4 nitrogen and oxygen atoms in total. The Morgan fingerprint density at radius 1 is 1.23 bits per heavy atom. The molecule has 0 saturated heterocycles. The number of halogens is 1. The summed E-state index contributed by atoms with van der Waals surface area (Å²) < 4.78 is 1.24. The van der Waals surface area contributed by atoms with E-state index in [1.807, 2.05) is 18.2 Å². The number of aliphatic carboxylic acids is 1. The molecule has 0 amide bonds. The SMILES string of the molecule is CCC(C(=O)O)n1ccc(/C=C/c2ccc(Cl)cc2)cc1=O. The molecule has 114 valence electrons. The predicted octanol–water partition coefficient (Wildman–Crippen LogP) is 3.71. The highest BCUT2D eigenvalue weighted by Crippen LogP contribution is 2.13. The lowest BCUT2D eigenvalue weighted by Gasteiger charge is -2.13. The van der Waals surface area contributed by atoms with Gasteiger partial charge in [-0.05, 0) is 35.7 Å². The van der Waals surface area contributed by atoms with Gasteiger partial charge in [-0.1, -0.05) is 42.8 Å². The molecule has 0 bridgehead atoms. The smallest absolute Gasteiger partial charge is 0.326 e. The molecule has 0 radical (unpaired) electrons. The van der Waals surface area contributed by atoms with Gasteiger partial charge in [0.15, 0.2) is 0 Å². The van der Waals surface area contributed by atoms with E-state index in [1.54, 1.807) is 31.2 Å². The van der Waals surface area contributed by atoms with Crippen molar-refractivity contribution in [2.75, 3.05) is 0 Å². The minimum absolute atomic E-state index is 0.326. The van der Waals surface area contributed by atoms with Crippen molar-refractivity contribution < 1.29 is 9.90 Å². The number of carboxylic acids is 1. The van der Waals surface area contributed by atoms with Gasteiger partial charge in [-0.2, -0.15) is 0 Å². The molecule has 0 saturated carbocycles. The molecular weight excluding hydrogens is 302 g/mol. The summed E-state index contributed by atoms with van der Waals surface area (Å²) >= 11 is 5.82. The Hall–Kier alpha value is -2.33. The lowest BCUT2D eigenvalue weighted by molar-refractivity contribution is -0.141. The minimum Gasteiger partial charge on any atom is -0.480 e. The van der Waals surface area contributed by atoms with Crippen LogP contribution in [0.15, 0.2) is 47.4 Å². The van der Waals surface area contributed by atoms with Crippen molar-refractivity contribution in [1.82, 2.24) is 4.57 Å². The van der Waals surface area contributed by atoms with Crippen LogP contribution < -0.4 is 5.56 Å². The minimum atomic E-state index is -1.01. The number of carboxylic acid groups (broad SMARTS) is 1. The molecule has 0 spiro atoms. The second-order valence-corrected chi connectivity index (χ2v) is 5.29. The van der Waals surface area contributed by atoms with Crippen molar-refractivity contribution in [3.8, 4) is 0 Å². The van der Waals surface area contributed by atoms with Crippen molar-refractivity contribution in [3.05, 3.63) is 69.1 Å². The first-order chi connectivity index (χ1) is 10.5. The van der Waals surface area contributed by atoms with Crippen LogP contribution in [0.2, 0.25) is 5.02 Å². The van der Waals surface area contributed by atoms with Gasteiger partial charge < -0.3 is 9.67 Å². The van der Waals surface area contributed by atoms with E-state index in [1.165, 1.54) is 16.8 Å². The summed E-state index contributed by atoms with van der Waals surface area (Å²) in [6, 6.07) is 9.64. The zero-order valence-corrected chi connectivity index (χ0v) is 12.8. The summed E-state index contributed by atoms with van der Waals surface area (Å²) in [6.07, 6.45) is 5.54. The van der Waals surface area contributed by atoms with E-state index in [2.05, 4.69) is 0 Å². The Kier molecular flexibility index (Phi) is 5.17. The van der Waals surface area contributed by atoms with Crippen LogP contribution in [0.1, 0.15) is 30.5 Å².